The van der Waals surface area contributed by atoms with Crippen molar-refractivity contribution in [2.24, 2.45) is 0 Å². The second-order valence-electron chi connectivity index (χ2n) is 3.21. The van der Waals surface area contributed by atoms with Gasteiger partial charge in [-0.1, -0.05) is 0 Å². The average molecular weight is 180 g/mol. The average Bonchev–Trinajstić information content (AvgIpc) is 2.04. The van der Waals surface area contributed by atoms with E-state index in [4.69, 9.17) is 4.52 Å². The highest BCUT2D eigenvalue weighted by atomic mass is 31.2. The van der Waals surface area contributed by atoms with Crippen molar-refractivity contribution in [3.8, 4) is 0 Å². The van der Waals surface area contributed by atoms with E-state index in [1.807, 2.05) is 0 Å². The van der Waals surface area contributed by atoms with E-state index in [1.165, 1.54) is 14.0 Å². The molecule has 0 aromatic carbocycles. The SMILES string of the molecule is CO[P@@]1(=O)C[C@@H](O)[C@@](C)(O)C1. The number of aliphatic hydroxyl groups is 2. The third-order valence-corrected chi connectivity index (χ3v) is 4.75. The van der Waals surface area contributed by atoms with Crippen LogP contribution in [0.2, 0.25) is 0 Å². The van der Waals surface area contributed by atoms with Gasteiger partial charge in [0.1, 0.15) is 0 Å². The lowest BCUT2D eigenvalue weighted by molar-refractivity contribution is -0.0242. The molecule has 1 saturated heterocycles. The first-order chi connectivity index (χ1) is 4.90. The predicted molar refractivity (Wildman–Crippen MR) is 41.0 cm³/mol. The molecule has 0 aromatic heterocycles. The van der Waals surface area contributed by atoms with Gasteiger partial charge in [-0.3, -0.25) is 4.57 Å². The summed E-state index contributed by atoms with van der Waals surface area (Å²) in [5.74, 6) is 0. The fourth-order valence-electron chi connectivity index (χ4n) is 1.26. The van der Waals surface area contributed by atoms with Gasteiger partial charge in [-0.25, -0.2) is 0 Å². The molecule has 0 saturated carbocycles. The van der Waals surface area contributed by atoms with Crippen LogP contribution >= 0.6 is 7.37 Å². The molecule has 1 aliphatic rings. The molecule has 3 atom stereocenters. The summed E-state index contributed by atoms with van der Waals surface area (Å²) in [5.41, 5.74) is -1.24. The topological polar surface area (TPSA) is 66.8 Å². The maximum Gasteiger partial charge on any atom is 0.208 e. The maximum absolute atomic E-state index is 11.5. The zero-order chi connectivity index (χ0) is 8.70. The molecule has 1 aliphatic heterocycles. The third-order valence-electron chi connectivity index (χ3n) is 2.06. The van der Waals surface area contributed by atoms with Crippen LogP contribution in [0.4, 0.5) is 0 Å². The van der Waals surface area contributed by atoms with Crippen molar-refractivity contribution in [1.82, 2.24) is 0 Å². The third kappa shape index (κ3) is 1.64. The Labute approximate surface area is 65.6 Å². The first-order valence-corrected chi connectivity index (χ1v) is 5.43. The van der Waals surface area contributed by atoms with Crippen molar-refractivity contribution in [3.05, 3.63) is 0 Å². The van der Waals surface area contributed by atoms with E-state index in [1.54, 1.807) is 0 Å². The van der Waals surface area contributed by atoms with Crippen LogP contribution in [-0.4, -0.2) is 41.4 Å². The molecule has 5 heteroatoms. The van der Waals surface area contributed by atoms with E-state index in [9.17, 15) is 14.8 Å². The summed E-state index contributed by atoms with van der Waals surface area (Å²) >= 11 is 0. The first kappa shape index (κ1) is 9.20. The molecule has 0 radical (unpaired) electrons. The molecule has 0 aromatic rings. The Kier molecular flexibility index (Phi) is 2.14. The van der Waals surface area contributed by atoms with Gasteiger partial charge >= 0.3 is 0 Å². The van der Waals surface area contributed by atoms with Gasteiger partial charge in [-0.2, -0.15) is 0 Å². The molecule has 1 heterocycles. The van der Waals surface area contributed by atoms with Crippen molar-refractivity contribution < 1.29 is 19.3 Å². The highest BCUT2D eigenvalue weighted by Crippen LogP contribution is 2.55. The summed E-state index contributed by atoms with van der Waals surface area (Å²) in [6, 6.07) is 0. The quantitative estimate of drug-likeness (QED) is 0.559. The van der Waals surface area contributed by atoms with Crippen LogP contribution in [0.3, 0.4) is 0 Å². The van der Waals surface area contributed by atoms with Crippen molar-refractivity contribution in [2.45, 2.75) is 18.6 Å². The van der Waals surface area contributed by atoms with E-state index in [0.29, 0.717) is 0 Å². The van der Waals surface area contributed by atoms with Crippen LogP contribution in [0.15, 0.2) is 0 Å². The van der Waals surface area contributed by atoms with E-state index in [0.717, 1.165) is 0 Å². The molecule has 1 fully saturated rings. The lowest BCUT2D eigenvalue weighted by atomic mass is 10.0. The van der Waals surface area contributed by atoms with Gasteiger partial charge < -0.3 is 14.7 Å². The highest BCUT2D eigenvalue weighted by Gasteiger charge is 2.48. The number of hydrogen-bond acceptors (Lipinski definition) is 4. The van der Waals surface area contributed by atoms with Gasteiger partial charge in [0.2, 0.25) is 7.37 Å². The second-order valence-corrected chi connectivity index (χ2v) is 5.89. The molecule has 0 unspecified atom stereocenters. The highest BCUT2D eigenvalue weighted by molar-refractivity contribution is 7.59. The monoisotopic (exact) mass is 180 g/mol. The zero-order valence-electron chi connectivity index (χ0n) is 6.65. The molecular weight excluding hydrogens is 167 g/mol. The molecule has 2 N–H and O–H groups in total. The molecule has 11 heavy (non-hydrogen) atoms. The van der Waals surface area contributed by atoms with Gasteiger partial charge in [0.05, 0.1) is 24.0 Å². The smallest absolute Gasteiger partial charge is 0.208 e. The lowest BCUT2D eigenvalue weighted by Gasteiger charge is -2.18. The van der Waals surface area contributed by atoms with E-state index in [-0.39, 0.29) is 12.3 Å². The van der Waals surface area contributed by atoms with Gasteiger partial charge in [-0.15, -0.1) is 0 Å². The van der Waals surface area contributed by atoms with Crippen LogP contribution in [0.1, 0.15) is 6.92 Å². The number of aliphatic hydroxyl groups excluding tert-OH is 1. The molecular formula is C6H13O4P. The number of rotatable bonds is 1. The summed E-state index contributed by atoms with van der Waals surface area (Å²) in [6.07, 6.45) is -0.804. The summed E-state index contributed by atoms with van der Waals surface area (Å²) in [7, 11) is -1.39. The second kappa shape index (κ2) is 2.56. The van der Waals surface area contributed by atoms with Crippen molar-refractivity contribution in [2.75, 3.05) is 19.4 Å². The van der Waals surface area contributed by atoms with Gasteiger partial charge in [0.25, 0.3) is 0 Å². The van der Waals surface area contributed by atoms with Crippen molar-refractivity contribution in [1.29, 1.82) is 0 Å². The van der Waals surface area contributed by atoms with Crippen LogP contribution in [0.5, 0.6) is 0 Å². The van der Waals surface area contributed by atoms with E-state index >= 15 is 0 Å². The van der Waals surface area contributed by atoms with Crippen LogP contribution in [0, 0.1) is 0 Å². The molecule has 4 nitrogen and oxygen atoms in total. The largest absolute Gasteiger partial charge is 0.390 e. The summed E-state index contributed by atoms with van der Waals surface area (Å²) in [5, 5.41) is 18.6. The Morgan fingerprint density at radius 1 is 1.73 bits per heavy atom. The van der Waals surface area contributed by atoms with Gasteiger partial charge in [-0.05, 0) is 6.92 Å². The summed E-state index contributed by atoms with van der Waals surface area (Å²) < 4.78 is 16.2. The Morgan fingerprint density at radius 3 is 2.45 bits per heavy atom. The summed E-state index contributed by atoms with van der Waals surface area (Å²) in [4.78, 5) is 0. The van der Waals surface area contributed by atoms with Crippen molar-refractivity contribution >= 4 is 7.37 Å². The molecule has 66 valence electrons. The van der Waals surface area contributed by atoms with Gasteiger partial charge in [0.15, 0.2) is 0 Å². The molecule has 0 bridgehead atoms. The lowest BCUT2D eigenvalue weighted by Crippen LogP contribution is -2.37. The predicted octanol–water partition coefficient (Wildman–Crippen LogP) is 0.0364. The summed E-state index contributed by atoms with van der Waals surface area (Å²) in [6.45, 7) is 1.47. The fraction of sp³-hybridized carbons (Fsp3) is 1.00. The normalized spacial score (nSPS) is 51.5. The van der Waals surface area contributed by atoms with Gasteiger partial charge in [0, 0.05) is 7.11 Å². The Balaban J connectivity index is 2.79. The van der Waals surface area contributed by atoms with E-state index in [2.05, 4.69) is 0 Å². The van der Waals surface area contributed by atoms with Crippen LogP contribution in [-0.2, 0) is 9.09 Å². The minimum absolute atomic E-state index is 0.0532. The van der Waals surface area contributed by atoms with Crippen LogP contribution < -0.4 is 0 Å². The minimum Gasteiger partial charge on any atom is -0.390 e. The number of hydrogen-bond donors (Lipinski definition) is 2. The molecule has 0 aliphatic carbocycles. The van der Waals surface area contributed by atoms with Crippen LogP contribution in [0.25, 0.3) is 0 Å². The van der Waals surface area contributed by atoms with Crippen molar-refractivity contribution in [3.63, 3.8) is 0 Å². The first-order valence-electron chi connectivity index (χ1n) is 3.44. The molecule has 0 amide bonds. The standard InChI is InChI=1S/C6H13O4P/c1-6(8)4-11(9,10-2)3-5(6)7/h5,7-8H,3-4H2,1-2H3/t5-,6+,11+/m1/s1. The Bertz CT molecular complexity index is 201. The zero-order valence-corrected chi connectivity index (χ0v) is 7.54. The molecule has 0 spiro atoms. The molecule has 1 rings (SSSR count). The fourth-order valence-corrected chi connectivity index (χ4v) is 3.77. The maximum atomic E-state index is 11.5. The van der Waals surface area contributed by atoms with E-state index < -0.39 is 19.1 Å². The Hall–Kier alpha value is 0.110. The minimum atomic E-state index is -2.73. The Morgan fingerprint density at radius 2 is 2.27 bits per heavy atom.